The third kappa shape index (κ3) is 4.77. The number of nitrogens with zero attached hydrogens (tertiary/aromatic N) is 1. The molecule has 0 bridgehead atoms. The number of fused-ring (bicyclic) bond motifs is 2. The maximum Gasteiger partial charge on any atom is 0.323 e. The summed E-state index contributed by atoms with van der Waals surface area (Å²) in [6, 6.07) is 22.7. The average Bonchev–Trinajstić information content (AvgIpc) is 2.93. The Balaban J connectivity index is 1.62. The lowest BCUT2D eigenvalue weighted by molar-refractivity contribution is -0.150. The second-order valence-electron chi connectivity index (χ2n) is 9.05. The fourth-order valence-electron chi connectivity index (χ4n) is 4.44. The van der Waals surface area contributed by atoms with Crippen molar-refractivity contribution in [3.05, 3.63) is 95.1 Å². The zero-order valence-corrected chi connectivity index (χ0v) is 19.3. The number of carbonyl (C=O) groups excluding carboxylic acids is 2. The molecule has 0 fully saturated rings. The highest BCUT2D eigenvalue weighted by molar-refractivity contribution is 6.00. The van der Waals surface area contributed by atoms with Crippen LogP contribution in [0.3, 0.4) is 0 Å². The van der Waals surface area contributed by atoms with Crippen LogP contribution in [0.4, 0.5) is 16.2 Å². The van der Waals surface area contributed by atoms with E-state index in [1.54, 1.807) is 0 Å². The summed E-state index contributed by atoms with van der Waals surface area (Å²) < 4.78 is 6.08. The Morgan fingerprint density at radius 3 is 2.24 bits per heavy atom. The topological polar surface area (TPSA) is 72.6 Å². The van der Waals surface area contributed by atoms with E-state index in [1.165, 1.54) is 10.5 Å². The van der Waals surface area contributed by atoms with Crippen molar-refractivity contribution < 1.29 is 14.3 Å². The summed E-state index contributed by atoms with van der Waals surface area (Å²) in [4.78, 5) is 27.1. The highest BCUT2D eigenvalue weighted by Crippen LogP contribution is 2.41. The lowest BCUT2D eigenvalue weighted by Crippen LogP contribution is -2.32. The number of ether oxygens (including phenoxy) is 1. The number of urea groups is 1. The van der Waals surface area contributed by atoms with Gasteiger partial charge in [-0.1, -0.05) is 74.5 Å². The van der Waals surface area contributed by atoms with Gasteiger partial charge < -0.3 is 10.5 Å². The molecule has 5 nitrogen and oxygen atoms in total. The monoisotopic (exact) mass is 442 g/mol. The molecule has 5 heteroatoms. The predicted molar refractivity (Wildman–Crippen MR) is 131 cm³/mol. The molecule has 1 aliphatic heterocycles. The zero-order chi connectivity index (χ0) is 23.5. The van der Waals surface area contributed by atoms with E-state index in [0.29, 0.717) is 23.7 Å². The lowest BCUT2D eigenvalue weighted by atomic mass is 9.96. The molecular weight excluding hydrogens is 412 g/mol. The van der Waals surface area contributed by atoms with Gasteiger partial charge in [0.1, 0.15) is 6.10 Å². The van der Waals surface area contributed by atoms with Crippen molar-refractivity contribution in [3.8, 4) is 0 Å². The number of benzene rings is 3. The van der Waals surface area contributed by atoms with Gasteiger partial charge >= 0.3 is 12.0 Å². The van der Waals surface area contributed by atoms with Crippen LogP contribution in [0.1, 0.15) is 55.0 Å². The third-order valence-corrected chi connectivity index (χ3v) is 6.12. The SMILES string of the molecule is CC(C)Cc1ccc(C(C)C(=O)OC2Cc3ccccc3N(C(N)=O)c3ccccc32)cc1. The smallest absolute Gasteiger partial charge is 0.323 e. The third-order valence-electron chi connectivity index (χ3n) is 6.12. The van der Waals surface area contributed by atoms with Gasteiger partial charge in [-0.15, -0.1) is 0 Å². The minimum atomic E-state index is -0.572. The molecular formula is C28H30N2O3. The highest BCUT2D eigenvalue weighted by atomic mass is 16.5. The number of esters is 1. The minimum absolute atomic E-state index is 0.295. The fourth-order valence-corrected chi connectivity index (χ4v) is 4.44. The van der Waals surface area contributed by atoms with Crippen molar-refractivity contribution in [2.24, 2.45) is 11.7 Å². The maximum absolute atomic E-state index is 13.2. The molecule has 1 aliphatic rings. The minimum Gasteiger partial charge on any atom is -0.457 e. The van der Waals surface area contributed by atoms with Gasteiger partial charge in [0, 0.05) is 12.0 Å². The van der Waals surface area contributed by atoms with Gasteiger partial charge in [0.25, 0.3) is 0 Å². The Bertz CT molecular complexity index is 1150. The molecule has 2 amide bonds. The van der Waals surface area contributed by atoms with Crippen molar-refractivity contribution >= 4 is 23.4 Å². The highest BCUT2D eigenvalue weighted by Gasteiger charge is 2.32. The summed E-state index contributed by atoms with van der Waals surface area (Å²) in [7, 11) is 0. The molecule has 2 unspecified atom stereocenters. The van der Waals surface area contributed by atoms with Crippen molar-refractivity contribution in [1.29, 1.82) is 0 Å². The summed E-state index contributed by atoms with van der Waals surface area (Å²) in [5, 5.41) is 0. The number of para-hydroxylation sites is 2. The number of hydrogen-bond acceptors (Lipinski definition) is 3. The maximum atomic E-state index is 13.2. The molecule has 3 aromatic rings. The van der Waals surface area contributed by atoms with Gasteiger partial charge in [-0.25, -0.2) is 4.79 Å². The van der Waals surface area contributed by atoms with Crippen LogP contribution < -0.4 is 10.6 Å². The molecule has 0 spiro atoms. The van der Waals surface area contributed by atoms with E-state index in [-0.39, 0.29) is 5.97 Å². The second-order valence-corrected chi connectivity index (χ2v) is 9.05. The lowest BCUT2D eigenvalue weighted by Gasteiger charge is -2.24. The van der Waals surface area contributed by atoms with Crippen molar-refractivity contribution in [1.82, 2.24) is 0 Å². The van der Waals surface area contributed by atoms with E-state index < -0.39 is 18.1 Å². The Hall–Kier alpha value is -3.60. The number of anilines is 2. The van der Waals surface area contributed by atoms with E-state index in [4.69, 9.17) is 10.5 Å². The summed E-state index contributed by atoms with van der Waals surface area (Å²) >= 11 is 0. The molecule has 1 heterocycles. The van der Waals surface area contributed by atoms with Crippen LogP contribution >= 0.6 is 0 Å². The number of amides is 2. The average molecular weight is 443 g/mol. The summed E-state index contributed by atoms with van der Waals surface area (Å²) in [6.45, 7) is 6.25. The number of carbonyl (C=O) groups is 2. The van der Waals surface area contributed by atoms with Crippen molar-refractivity contribution in [2.45, 2.75) is 45.6 Å². The Labute approximate surface area is 195 Å². The van der Waals surface area contributed by atoms with Gasteiger partial charge in [0.2, 0.25) is 0 Å². The zero-order valence-electron chi connectivity index (χ0n) is 19.3. The van der Waals surface area contributed by atoms with Gasteiger partial charge in [-0.2, -0.15) is 0 Å². The van der Waals surface area contributed by atoms with Crippen molar-refractivity contribution in [2.75, 3.05) is 4.90 Å². The molecule has 3 aromatic carbocycles. The molecule has 4 rings (SSSR count). The number of rotatable bonds is 5. The number of primary amides is 1. The molecule has 0 aliphatic carbocycles. The van der Waals surface area contributed by atoms with Crippen LogP contribution in [-0.2, 0) is 22.4 Å². The van der Waals surface area contributed by atoms with E-state index in [9.17, 15) is 9.59 Å². The van der Waals surface area contributed by atoms with E-state index in [0.717, 1.165) is 23.1 Å². The summed E-state index contributed by atoms with van der Waals surface area (Å²) in [5.41, 5.74) is 11.0. The van der Waals surface area contributed by atoms with Gasteiger partial charge in [-0.05, 0) is 48.1 Å². The van der Waals surface area contributed by atoms with Crippen LogP contribution in [-0.4, -0.2) is 12.0 Å². The molecule has 0 aromatic heterocycles. The Kier molecular flexibility index (Phi) is 6.50. The summed E-state index contributed by atoms with van der Waals surface area (Å²) in [6.07, 6.45) is 0.943. The first-order valence-electron chi connectivity index (χ1n) is 11.4. The second kappa shape index (κ2) is 9.49. The molecule has 2 atom stereocenters. The Morgan fingerprint density at radius 2 is 1.58 bits per heavy atom. The molecule has 2 N–H and O–H groups in total. The van der Waals surface area contributed by atoms with Gasteiger partial charge in [-0.3, -0.25) is 9.69 Å². The van der Waals surface area contributed by atoms with Crippen LogP contribution in [0.5, 0.6) is 0 Å². The van der Waals surface area contributed by atoms with Gasteiger partial charge in [0.15, 0.2) is 0 Å². The largest absolute Gasteiger partial charge is 0.457 e. The van der Waals surface area contributed by atoms with Crippen LogP contribution in [0.2, 0.25) is 0 Å². The first-order chi connectivity index (χ1) is 15.8. The van der Waals surface area contributed by atoms with Crippen LogP contribution in [0.15, 0.2) is 72.8 Å². The van der Waals surface area contributed by atoms with Crippen LogP contribution in [0.25, 0.3) is 0 Å². The molecule has 33 heavy (non-hydrogen) atoms. The van der Waals surface area contributed by atoms with E-state index in [2.05, 4.69) is 26.0 Å². The van der Waals surface area contributed by atoms with E-state index in [1.807, 2.05) is 67.6 Å². The molecule has 170 valence electrons. The summed E-state index contributed by atoms with van der Waals surface area (Å²) in [5.74, 6) is -0.121. The van der Waals surface area contributed by atoms with E-state index >= 15 is 0 Å². The standard InChI is InChI=1S/C28H30N2O3/c1-18(2)16-20-12-14-21(15-13-20)19(3)27(31)33-26-17-22-8-4-6-10-24(22)30(28(29)32)25-11-7-5-9-23(25)26/h4-15,18-19,26H,16-17H2,1-3H3,(H2,29,32). The van der Waals surface area contributed by atoms with Crippen molar-refractivity contribution in [3.63, 3.8) is 0 Å². The molecule has 0 saturated heterocycles. The number of hydrogen-bond donors (Lipinski definition) is 1. The molecule has 0 saturated carbocycles. The Morgan fingerprint density at radius 1 is 0.939 bits per heavy atom. The quantitative estimate of drug-likeness (QED) is 0.489. The fraction of sp³-hybridized carbons (Fsp3) is 0.286. The normalized spacial score (nSPS) is 15.9. The molecule has 0 radical (unpaired) electrons. The first-order valence-corrected chi connectivity index (χ1v) is 11.4. The van der Waals surface area contributed by atoms with Crippen LogP contribution in [0, 0.1) is 5.92 Å². The first kappa shape index (κ1) is 22.6. The van der Waals surface area contributed by atoms with Gasteiger partial charge in [0.05, 0.1) is 17.3 Å². The number of nitrogens with two attached hydrogens (primary N) is 1. The predicted octanol–water partition coefficient (Wildman–Crippen LogP) is 6.05.